The molecule has 0 radical (unpaired) electrons. The molecule has 0 aromatic carbocycles. The SMILES string of the molecule is COCCCNC(=O)N1CCC(F)(C(=O)N2CCOCC2)CC1. The molecule has 0 bridgehead atoms. The molecule has 2 saturated heterocycles. The number of morpholine rings is 1. The van der Waals surface area contributed by atoms with E-state index in [4.69, 9.17) is 9.47 Å². The molecule has 0 aromatic rings. The lowest BCUT2D eigenvalue weighted by Crippen LogP contribution is -2.56. The third-order valence-electron chi connectivity index (χ3n) is 4.33. The van der Waals surface area contributed by atoms with E-state index in [9.17, 15) is 14.0 Å². The second-order valence-electron chi connectivity index (χ2n) is 5.94. The quantitative estimate of drug-likeness (QED) is 0.740. The Labute approximate surface area is 136 Å². The normalized spacial score (nSPS) is 21.1. The zero-order valence-electron chi connectivity index (χ0n) is 13.7. The summed E-state index contributed by atoms with van der Waals surface area (Å²) in [6.45, 7) is 3.40. The van der Waals surface area contributed by atoms with Crippen LogP contribution in [0.4, 0.5) is 9.18 Å². The molecule has 2 rings (SSSR count). The fraction of sp³-hybridized carbons (Fsp3) is 0.867. The molecule has 132 valence electrons. The van der Waals surface area contributed by atoms with Crippen LogP contribution in [0.2, 0.25) is 0 Å². The number of piperidine rings is 1. The van der Waals surface area contributed by atoms with Crippen molar-refractivity contribution in [1.82, 2.24) is 15.1 Å². The lowest BCUT2D eigenvalue weighted by Gasteiger charge is -2.39. The maximum atomic E-state index is 14.9. The van der Waals surface area contributed by atoms with E-state index in [0.717, 1.165) is 6.42 Å². The summed E-state index contributed by atoms with van der Waals surface area (Å²) in [6.07, 6.45) is 0.835. The number of hydrogen-bond donors (Lipinski definition) is 1. The maximum absolute atomic E-state index is 14.9. The summed E-state index contributed by atoms with van der Waals surface area (Å²) < 4.78 is 25.0. The van der Waals surface area contributed by atoms with Gasteiger partial charge in [-0.05, 0) is 6.42 Å². The molecular weight excluding hydrogens is 305 g/mol. The van der Waals surface area contributed by atoms with Crippen LogP contribution in [0.1, 0.15) is 19.3 Å². The van der Waals surface area contributed by atoms with Gasteiger partial charge in [0.2, 0.25) is 0 Å². The van der Waals surface area contributed by atoms with Gasteiger partial charge in [-0.2, -0.15) is 0 Å². The van der Waals surface area contributed by atoms with Crippen molar-refractivity contribution in [3.63, 3.8) is 0 Å². The molecule has 2 aliphatic heterocycles. The van der Waals surface area contributed by atoms with Crippen molar-refractivity contribution in [1.29, 1.82) is 0 Å². The summed E-state index contributed by atoms with van der Waals surface area (Å²) in [5, 5.41) is 2.78. The molecule has 0 aliphatic carbocycles. The third kappa shape index (κ3) is 4.78. The van der Waals surface area contributed by atoms with Crippen LogP contribution in [-0.4, -0.2) is 87.1 Å². The van der Waals surface area contributed by atoms with E-state index in [2.05, 4.69) is 5.32 Å². The molecule has 0 atom stereocenters. The number of urea groups is 1. The maximum Gasteiger partial charge on any atom is 0.317 e. The minimum atomic E-state index is -1.86. The molecule has 1 N–H and O–H groups in total. The van der Waals surface area contributed by atoms with Gasteiger partial charge in [0.25, 0.3) is 5.91 Å². The number of ether oxygens (including phenoxy) is 2. The molecule has 7 nitrogen and oxygen atoms in total. The van der Waals surface area contributed by atoms with Gasteiger partial charge < -0.3 is 24.6 Å². The average Bonchev–Trinajstić information content (AvgIpc) is 2.59. The molecule has 2 aliphatic rings. The van der Waals surface area contributed by atoms with E-state index in [0.29, 0.717) is 39.5 Å². The summed E-state index contributed by atoms with van der Waals surface area (Å²) in [6, 6.07) is -0.207. The van der Waals surface area contributed by atoms with Gasteiger partial charge in [-0.3, -0.25) is 4.79 Å². The lowest BCUT2D eigenvalue weighted by atomic mass is 9.91. The van der Waals surface area contributed by atoms with Gasteiger partial charge in [0.1, 0.15) is 0 Å². The Morgan fingerprint density at radius 3 is 2.43 bits per heavy atom. The molecule has 2 heterocycles. The highest BCUT2D eigenvalue weighted by Gasteiger charge is 2.45. The van der Waals surface area contributed by atoms with Gasteiger partial charge in [-0.25, -0.2) is 9.18 Å². The van der Waals surface area contributed by atoms with E-state index in [-0.39, 0.29) is 32.0 Å². The molecule has 0 saturated carbocycles. The Bertz CT molecular complexity index is 408. The number of amides is 3. The smallest absolute Gasteiger partial charge is 0.317 e. The van der Waals surface area contributed by atoms with Crippen molar-refractivity contribution in [2.45, 2.75) is 24.9 Å². The van der Waals surface area contributed by atoms with Crippen molar-refractivity contribution < 1.29 is 23.5 Å². The highest BCUT2D eigenvalue weighted by molar-refractivity contribution is 5.86. The van der Waals surface area contributed by atoms with Crippen LogP contribution in [-0.2, 0) is 14.3 Å². The fourth-order valence-electron chi connectivity index (χ4n) is 2.85. The van der Waals surface area contributed by atoms with Crippen LogP contribution in [0.5, 0.6) is 0 Å². The molecule has 8 heteroatoms. The highest BCUT2D eigenvalue weighted by atomic mass is 19.1. The minimum absolute atomic E-state index is 0.0503. The predicted octanol–water partition coefficient (Wildman–Crippen LogP) is 0.395. The first kappa shape index (κ1) is 17.9. The van der Waals surface area contributed by atoms with Gasteiger partial charge in [0, 0.05) is 59.3 Å². The Morgan fingerprint density at radius 1 is 1.17 bits per heavy atom. The molecule has 0 unspecified atom stereocenters. The van der Waals surface area contributed by atoms with E-state index in [1.165, 1.54) is 4.90 Å². The Kier molecular flexibility index (Phi) is 6.59. The number of rotatable bonds is 5. The minimum Gasteiger partial charge on any atom is -0.385 e. The number of alkyl halides is 1. The predicted molar refractivity (Wildman–Crippen MR) is 81.9 cm³/mol. The zero-order valence-corrected chi connectivity index (χ0v) is 13.7. The molecule has 23 heavy (non-hydrogen) atoms. The molecule has 0 spiro atoms. The van der Waals surface area contributed by atoms with E-state index >= 15 is 0 Å². The Morgan fingerprint density at radius 2 is 1.83 bits per heavy atom. The van der Waals surface area contributed by atoms with Gasteiger partial charge in [-0.15, -0.1) is 0 Å². The van der Waals surface area contributed by atoms with Crippen LogP contribution in [0, 0.1) is 0 Å². The first-order valence-corrected chi connectivity index (χ1v) is 8.14. The largest absolute Gasteiger partial charge is 0.385 e. The first-order chi connectivity index (χ1) is 11.1. The topological polar surface area (TPSA) is 71.1 Å². The number of methoxy groups -OCH3 is 1. The monoisotopic (exact) mass is 331 g/mol. The Balaban J connectivity index is 1.77. The van der Waals surface area contributed by atoms with Crippen molar-refractivity contribution in [3.8, 4) is 0 Å². The molecule has 3 amide bonds. The fourth-order valence-corrected chi connectivity index (χ4v) is 2.85. The molecular formula is C15H26FN3O4. The van der Waals surface area contributed by atoms with Crippen molar-refractivity contribution in [3.05, 3.63) is 0 Å². The van der Waals surface area contributed by atoms with Gasteiger partial charge >= 0.3 is 6.03 Å². The number of likely N-dealkylation sites (tertiary alicyclic amines) is 1. The van der Waals surface area contributed by atoms with E-state index < -0.39 is 11.6 Å². The van der Waals surface area contributed by atoms with Gasteiger partial charge in [0.15, 0.2) is 5.67 Å². The van der Waals surface area contributed by atoms with Crippen molar-refractivity contribution in [2.75, 3.05) is 59.7 Å². The van der Waals surface area contributed by atoms with Crippen LogP contribution in [0.15, 0.2) is 0 Å². The molecule has 0 aromatic heterocycles. The number of carbonyl (C=O) groups excluding carboxylic acids is 2. The number of halogens is 1. The number of carbonyl (C=O) groups is 2. The first-order valence-electron chi connectivity index (χ1n) is 8.14. The number of nitrogens with zero attached hydrogens (tertiary/aromatic N) is 2. The van der Waals surface area contributed by atoms with Crippen molar-refractivity contribution in [2.24, 2.45) is 0 Å². The van der Waals surface area contributed by atoms with Gasteiger partial charge in [-0.1, -0.05) is 0 Å². The second-order valence-corrected chi connectivity index (χ2v) is 5.94. The van der Waals surface area contributed by atoms with Crippen molar-refractivity contribution >= 4 is 11.9 Å². The van der Waals surface area contributed by atoms with Crippen LogP contribution >= 0.6 is 0 Å². The standard InChI is InChI=1S/C15H26FN3O4/c1-22-10-2-5-17-14(21)19-6-3-15(16,4-7-19)13(20)18-8-11-23-12-9-18/h2-12H2,1H3,(H,17,21). The summed E-state index contributed by atoms with van der Waals surface area (Å²) >= 11 is 0. The summed E-state index contributed by atoms with van der Waals surface area (Å²) in [4.78, 5) is 27.4. The summed E-state index contributed by atoms with van der Waals surface area (Å²) in [5.74, 6) is -0.457. The third-order valence-corrected chi connectivity index (χ3v) is 4.33. The van der Waals surface area contributed by atoms with Crippen LogP contribution in [0.3, 0.4) is 0 Å². The highest BCUT2D eigenvalue weighted by Crippen LogP contribution is 2.29. The second kappa shape index (κ2) is 8.44. The number of nitrogens with one attached hydrogen (secondary N) is 1. The summed E-state index contributed by atoms with van der Waals surface area (Å²) in [7, 11) is 1.61. The summed E-state index contributed by atoms with van der Waals surface area (Å²) in [5.41, 5.74) is -1.86. The van der Waals surface area contributed by atoms with Gasteiger partial charge in [0.05, 0.1) is 13.2 Å². The lowest BCUT2D eigenvalue weighted by molar-refractivity contribution is -0.151. The van der Waals surface area contributed by atoms with Crippen LogP contribution < -0.4 is 5.32 Å². The average molecular weight is 331 g/mol. The van der Waals surface area contributed by atoms with E-state index in [1.54, 1.807) is 12.0 Å². The zero-order chi connectivity index (χ0) is 16.7. The number of hydrogen-bond acceptors (Lipinski definition) is 4. The van der Waals surface area contributed by atoms with E-state index in [1.807, 2.05) is 0 Å². The molecule has 2 fully saturated rings. The van der Waals surface area contributed by atoms with Crippen LogP contribution in [0.25, 0.3) is 0 Å². The Hall–Kier alpha value is -1.41.